The number of halogens is 1. The first-order valence-corrected chi connectivity index (χ1v) is 5.50. The van der Waals surface area contributed by atoms with E-state index < -0.39 is 12.0 Å². The third kappa shape index (κ3) is 2.62. The quantitative estimate of drug-likeness (QED) is 0.858. The van der Waals surface area contributed by atoms with Gasteiger partial charge in [-0.05, 0) is 24.6 Å². The summed E-state index contributed by atoms with van der Waals surface area (Å²) in [4.78, 5) is 10.6. The van der Waals surface area contributed by atoms with Gasteiger partial charge < -0.3 is 19.9 Å². The number of aliphatic carboxylic acids is 1. The van der Waals surface area contributed by atoms with Crippen molar-refractivity contribution in [2.75, 3.05) is 6.79 Å². The molecule has 1 aliphatic heterocycles. The average Bonchev–Trinajstić information content (AvgIpc) is 2.74. The molecule has 0 spiro atoms. The number of carboxylic acids is 1. The smallest absolute Gasteiger partial charge is 0.320 e. The summed E-state index contributed by atoms with van der Waals surface area (Å²) in [6.07, 6.45) is 0. The maximum atomic E-state index is 10.6. The van der Waals surface area contributed by atoms with Gasteiger partial charge >= 0.3 is 5.97 Å². The van der Waals surface area contributed by atoms with Crippen LogP contribution in [0.5, 0.6) is 11.5 Å². The van der Waals surface area contributed by atoms with Crippen molar-refractivity contribution in [3.05, 3.63) is 22.7 Å². The van der Waals surface area contributed by atoms with E-state index in [0.29, 0.717) is 23.1 Å². The van der Waals surface area contributed by atoms with Crippen LogP contribution in [0.3, 0.4) is 0 Å². The molecular formula is C11H12ClNO4. The Bertz CT molecular complexity index is 449. The molecule has 92 valence electrons. The molecule has 1 aromatic rings. The second-order valence-electron chi connectivity index (χ2n) is 3.75. The van der Waals surface area contributed by atoms with E-state index in [4.69, 9.17) is 26.2 Å². The van der Waals surface area contributed by atoms with Crippen molar-refractivity contribution in [2.24, 2.45) is 0 Å². The monoisotopic (exact) mass is 257 g/mol. The van der Waals surface area contributed by atoms with Gasteiger partial charge in [-0.15, -0.1) is 0 Å². The summed E-state index contributed by atoms with van der Waals surface area (Å²) >= 11 is 6.00. The number of hydrogen-bond donors (Lipinski definition) is 2. The molecule has 0 saturated heterocycles. The molecule has 17 heavy (non-hydrogen) atoms. The van der Waals surface area contributed by atoms with Crippen molar-refractivity contribution in [1.29, 1.82) is 0 Å². The van der Waals surface area contributed by atoms with Gasteiger partial charge in [-0.25, -0.2) is 0 Å². The van der Waals surface area contributed by atoms with Crippen molar-refractivity contribution in [1.82, 2.24) is 5.32 Å². The van der Waals surface area contributed by atoms with Crippen LogP contribution in [0.1, 0.15) is 12.5 Å². The zero-order chi connectivity index (χ0) is 12.4. The molecule has 1 aliphatic rings. The molecule has 1 aromatic carbocycles. The van der Waals surface area contributed by atoms with Gasteiger partial charge in [0.25, 0.3) is 0 Å². The Morgan fingerprint density at radius 1 is 1.59 bits per heavy atom. The van der Waals surface area contributed by atoms with Crippen LogP contribution >= 0.6 is 11.6 Å². The Kier molecular flexibility index (Phi) is 3.40. The molecule has 0 aliphatic carbocycles. The van der Waals surface area contributed by atoms with Gasteiger partial charge in [-0.1, -0.05) is 11.6 Å². The van der Waals surface area contributed by atoms with Crippen LogP contribution in [0.2, 0.25) is 5.02 Å². The largest absolute Gasteiger partial charge is 0.480 e. The van der Waals surface area contributed by atoms with E-state index >= 15 is 0 Å². The molecule has 0 bridgehead atoms. The number of carbonyl (C=O) groups is 1. The summed E-state index contributed by atoms with van der Waals surface area (Å²) in [5.74, 6) is 0.246. The molecule has 0 fully saturated rings. The second-order valence-corrected chi connectivity index (χ2v) is 4.16. The summed E-state index contributed by atoms with van der Waals surface area (Å²) in [7, 11) is 0. The fourth-order valence-corrected chi connectivity index (χ4v) is 1.77. The average molecular weight is 258 g/mol. The lowest BCUT2D eigenvalue weighted by molar-refractivity contribution is -0.139. The summed E-state index contributed by atoms with van der Waals surface area (Å²) in [6, 6.07) is 2.91. The predicted molar refractivity (Wildman–Crippen MR) is 61.5 cm³/mol. The van der Waals surface area contributed by atoms with E-state index in [1.165, 1.54) is 0 Å². The van der Waals surface area contributed by atoms with E-state index in [9.17, 15) is 4.79 Å². The zero-order valence-electron chi connectivity index (χ0n) is 9.20. The molecule has 0 aromatic heterocycles. The Labute approximate surface area is 103 Å². The highest BCUT2D eigenvalue weighted by molar-refractivity contribution is 6.32. The molecule has 1 unspecified atom stereocenters. The topological polar surface area (TPSA) is 67.8 Å². The standard InChI is InChI=1S/C11H12ClNO4/c1-6(11(14)15)13-4-7-2-8(12)10-9(3-7)16-5-17-10/h2-3,6,13H,4-5H2,1H3,(H,14,15). The zero-order valence-corrected chi connectivity index (χ0v) is 9.95. The summed E-state index contributed by atoms with van der Waals surface area (Å²) in [5.41, 5.74) is 0.854. The SMILES string of the molecule is CC(NCc1cc(Cl)c2c(c1)OCO2)C(=O)O. The summed E-state index contributed by atoms with van der Waals surface area (Å²) < 4.78 is 10.4. The van der Waals surface area contributed by atoms with E-state index in [1.54, 1.807) is 19.1 Å². The number of carboxylic acid groups (broad SMARTS) is 1. The fourth-order valence-electron chi connectivity index (χ4n) is 1.48. The second kappa shape index (κ2) is 4.81. The lowest BCUT2D eigenvalue weighted by Gasteiger charge is -2.10. The number of nitrogens with one attached hydrogen (secondary N) is 1. The molecule has 6 heteroatoms. The Balaban J connectivity index is 2.07. The first kappa shape index (κ1) is 12.0. The van der Waals surface area contributed by atoms with Crippen molar-refractivity contribution in [3.63, 3.8) is 0 Å². The van der Waals surface area contributed by atoms with Crippen LogP contribution in [0.15, 0.2) is 12.1 Å². The number of ether oxygens (including phenoxy) is 2. The van der Waals surface area contributed by atoms with Crippen LogP contribution in [-0.2, 0) is 11.3 Å². The van der Waals surface area contributed by atoms with Crippen molar-refractivity contribution in [3.8, 4) is 11.5 Å². The number of rotatable bonds is 4. The lowest BCUT2D eigenvalue weighted by atomic mass is 10.2. The lowest BCUT2D eigenvalue weighted by Crippen LogP contribution is -2.33. The van der Waals surface area contributed by atoms with E-state index in [0.717, 1.165) is 5.56 Å². The van der Waals surface area contributed by atoms with Crippen molar-refractivity contribution < 1.29 is 19.4 Å². The Morgan fingerprint density at radius 3 is 3.06 bits per heavy atom. The predicted octanol–water partition coefficient (Wildman–Crippen LogP) is 1.63. The Hall–Kier alpha value is -1.46. The number of hydrogen-bond acceptors (Lipinski definition) is 4. The highest BCUT2D eigenvalue weighted by Crippen LogP contribution is 2.39. The van der Waals surface area contributed by atoms with Crippen LogP contribution in [0.4, 0.5) is 0 Å². The normalized spacial score (nSPS) is 14.7. The number of benzene rings is 1. The molecule has 0 radical (unpaired) electrons. The van der Waals surface area contributed by atoms with Gasteiger partial charge in [0.1, 0.15) is 6.04 Å². The molecule has 5 nitrogen and oxygen atoms in total. The van der Waals surface area contributed by atoms with Gasteiger partial charge in [0, 0.05) is 6.54 Å². The molecule has 0 saturated carbocycles. The maximum Gasteiger partial charge on any atom is 0.320 e. The molecule has 2 rings (SSSR count). The van der Waals surface area contributed by atoms with Crippen LogP contribution in [0, 0.1) is 0 Å². The van der Waals surface area contributed by atoms with Gasteiger partial charge in [0.2, 0.25) is 6.79 Å². The highest BCUT2D eigenvalue weighted by atomic mass is 35.5. The molecule has 0 amide bonds. The maximum absolute atomic E-state index is 10.6. The van der Waals surface area contributed by atoms with Gasteiger partial charge in [0.15, 0.2) is 11.5 Å². The van der Waals surface area contributed by atoms with Gasteiger partial charge in [-0.3, -0.25) is 4.79 Å². The highest BCUT2D eigenvalue weighted by Gasteiger charge is 2.18. The van der Waals surface area contributed by atoms with Crippen LogP contribution in [-0.4, -0.2) is 23.9 Å². The van der Waals surface area contributed by atoms with Crippen LogP contribution < -0.4 is 14.8 Å². The van der Waals surface area contributed by atoms with Crippen molar-refractivity contribution in [2.45, 2.75) is 19.5 Å². The van der Waals surface area contributed by atoms with Gasteiger partial charge in [-0.2, -0.15) is 0 Å². The summed E-state index contributed by atoms with van der Waals surface area (Å²) in [6.45, 7) is 2.15. The van der Waals surface area contributed by atoms with E-state index in [1.807, 2.05) is 0 Å². The van der Waals surface area contributed by atoms with Crippen LogP contribution in [0.25, 0.3) is 0 Å². The molecule has 1 atom stereocenters. The third-order valence-corrected chi connectivity index (χ3v) is 2.75. The van der Waals surface area contributed by atoms with E-state index in [2.05, 4.69) is 5.32 Å². The first-order valence-electron chi connectivity index (χ1n) is 5.12. The fraction of sp³-hybridized carbons (Fsp3) is 0.364. The minimum absolute atomic E-state index is 0.164. The number of fused-ring (bicyclic) bond motifs is 1. The van der Waals surface area contributed by atoms with Gasteiger partial charge in [0.05, 0.1) is 5.02 Å². The minimum Gasteiger partial charge on any atom is -0.480 e. The summed E-state index contributed by atoms with van der Waals surface area (Å²) in [5, 5.41) is 12.1. The first-order chi connectivity index (χ1) is 8.08. The van der Waals surface area contributed by atoms with E-state index in [-0.39, 0.29) is 6.79 Å². The Morgan fingerprint density at radius 2 is 2.35 bits per heavy atom. The minimum atomic E-state index is -0.892. The molecular weight excluding hydrogens is 246 g/mol. The molecule has 1 heterocycles. The molecule has 2 N–H and O–H groups in total. The van der Waals surface area contributed by atoms with Crippen molar-refractivity contribution >= 4 is 17.6 Å². The third-order valence-electron chi connectivity index (χ3n) is 2.47.